The van der Waals surface area contributed by atoms with Gasteiger partial charge in [0.25, 0.3) is 11.6 Å². The quantitative estimate of drug-likeness (QED) is 0.306. The third kappa shape index (κ3) is 4.00. The van der Waals surface area contributed by atoms with Gasteiger partial charge in [0.1, 0.15) is 18.9 Å². The van der Waals surface area contributed by atoms with Gasteiger partial charge in [-0.2, -0.15) is 5.10 Å². The first kappa shape index (κ1) is 17.8. The molecule has 2 aliphatic heterocycles. The molecule has 0 bridgehead atoms. The predicted octanol–water partition coefficient (Wildman–Crippen LogP) is -0.300. The van der Waals surface area contributed by atoms with Crippen molar-refractivity contribution in [1.82, 2.24) is 26.3 Å². The van der Waals surface area contributed by atoms with Crippen LogP contribution < -0.4 is 21.4 Å². The molecule has 1 aromatic rings. The summed E-state index contributed by atoms with van der Waals surface area (Å²) in [5.74, 6) is -0.567. The molecule has 2 atom stereocenters. The minimum atomic E-state index is -0.654. The van der Waals surface area contributed by atoms with E-state index in [0.29, 0.717) is 5.56 Å². The highest BCUT2D eigenvalue weighted by atomic mass is 16.6. The van der Waals surface area contributed by atoms with Gasteiger partial charge in [-0.15, -0.1) is 0 Å². The van der Waals surface area contributed by atoms with Crippen LogP contribution in [0.5, 0.6) is 0 Å². The van der Waals surface area contributed by atoms with Crippen LogP contribution in [0.25, 0.3) is 6.08 Å². The molecule has 4 N–H and O–H groups in total. The van der Waals surface area contributed by atoms with Gasteiger partial charge in [0.05, 0.1) is 10.5 Å². The van der Waals surface area contributed by atoms with Gasteiger partial charge in [-0.3, -0.25) is 19.8 Å². The van der Waals surface area contributed by atoms with E-state index in [1.165, 1.54) is 24.4 Å². The summed E-state index contributed by atoms with van der Waals surface area (Å²) in [5, 5.41) is 22.1. The lowest BCUT2D eigenvalue weighted by Crippen LogP contribution is -2.47. The average Bonchev–Trinajstić information content (AvgIpc) is 3.11. The van der Waals surface area contributed by atoms with Gasteiger partial charge in [-0.25, -0.2) is 15.0 Å². The van der Waals surface area contributed by atoms with Crippen LogP contribution in [-0.2, 0) is 4.79 Å². The van der Waals surface area contributed by atoms with E-state index in [1.54, 1.807) is 18.2 Å². The Hall–Kier alpha value is -3.96. The van der Waals surface area contributed by atoms with Crippen LogP contribution in [0.4, 0.5) is 15.3 Å². The van der Waals surface area contributed by atoms with Gasteiger partial charge in [0.2, 0.25) is 0 Å². The monoisotopic (exact) mass is 373 g/mol. The van der Waals surface area contributed by atoms with Gasteiger partial charge >= 0.3 is 12.1 Å². The molecule has 12 heteroatoms. The maximum atomic E-state index is 11.9. The third-order valence-electron chi connectivity index (χ3n) is 3.83. The maximum absolute atomic E-state index is 11.9. The second-order valence-corrected chi connectivity index (χ2v) is 5.61. The number of hydrogen-bond donors (Lipinski definition) is 4. The third-order valence-corrected chi connectivity index (χ3v) is 3.83. The fraction of sp³-hybridized carbons (Fsp3) is 0.200. The molecule has 0 aliphatic carbocycles. The number of carbonyl (C=O) groups is 3. The first-order valence-corrected chi connectivity index (χ1v) is 7.82. The Morgan fingerprint density at radius 1 is 1.30 bits per heavy atom. The Morgan fingerprint density at radius 2 is 2.07 bits per heavy atom. The van der Waals surface area contributed by atoms with E-state index in [1.807, 2.05) is 0 Å². The molecule has 2 fully saturated rings. The predicted molar refractivity (Wildman–Crippen MR) is 93.2 cm³/mol. The lowest BCUT2D eigenvalue weighted by atomic mass is 10.2. The normalized spacial score (nSPS) is 21.1. The maximum Gasteiger partial charge on any atom is 0.321 e. The van der Waals surface area contributed by atoms with Crippen LogP contribution in [0.3, 0.4) is 0 Å². The zero-order chi connectivity index (χ0) is 19.4. The van der Waals surface area contributed by atoms with E-state index < -0.39 is 35.2 Å². The summed E-state index contributed by atoms with van der Waals surface area (Å²) >= 11 is 0. The number of nitrogens with one attached hydrogen (secondary N) is 4. The summed E-state index contributed by atoms with van der Waals surface area (Å²) in [6.45, 7) is -0.305. The van der Waals surface area contributed by atoms with E-state index >= 15 is 0 Å². The number of nitrogens with zero attached hydrogens (tertiary/aromatic N) is 3. The molecule has 1 aromatic carbocycles. The minimum absolute atomic E-state index is 0.0481. The van der Waals surface area contributed by atoms with E-state index in [2.05, 4.69) is 26.5 Å². The zero-order valence-corrected chi connectivity index (χ0v) is 13.8. The number of allylic oxidation sites excluding steroid dienone is 1. The number of para-hydroxylation sites is 1. The molecule has 0 radical (unpaired) electrons. The summed E-state index contributed by atoms with van der Waals surface area (Å²) in [4.78, 5) is 46.5. The van der Waals surface area contributed by atoms with Crippen LogP contribution in [0.2, 0.25) is 0 Å². The molecule has 27 heavy (non-hydrogen) atoms. The highest BCUT2D eigenvalue weighted by Crippen LogP contribution is 2.18. The van der Waals surface area contributed by atoms with Crippen molar-refractivity contribution in [2.45, 2.75) is 12.3 Å². The Morgan fingerprint density at radius 3 is 2.85 bits per heavy atom. The van der Waals surface area contributed by atoms with Crippen molar-refractivity contribution < 1.29 is 19.3 Å². The zero-order valence-electron chi connectivity index (χ0n) is 13.8. The van der Waals surface area contributed by atoms with Gasteiger partial charge in [-0.05, 0) is 18.2 Å². The second kappa shape index (κ2) is 7.51. The van der Waals surface area contributed by atoms with Crippen LogP contribution in [0.1, 0.15) is 5.56 Å². The van der Waals surface area contributed by atoms with Gasteiger partial charge in [0.15, 0.2) is 0 Å². The molecule has 0 aromatic heterocycles. The van der Waals surface area contributed by atoms with Crippen molar-refractivity contribution in [1.29, 1.82) is 0 Å². The lowest BCUT2D eigenvalue weighted by Gasteiger charge is -2.19. The standard InChI is InChI=1S/C15H15N7O5/c23-11(8-21-13-12(18-15(21)25)17-14(24)19-13)20-16-7-3-5-9-4-1-2-6-10(9)22(26)27/h1-7,12-13H,8H2,(H,18,25)(H,20,23)(H2,17,19,24)/b5-3+,16-7+. The second-order valence-electron chi connectivity index (χ2n) is 5.61. The highest BCUT2D eigenvalue weighted by Gasteiger charge is 2.45. The Labute approximate surface area is 152 Å². The van der Waals surface area contributed by atoms with E-state index in [4.69, 9.17) is 0 Å². The first-order chi connectivity index (χ1) is 13.0. The minimum Gasteiger partial charge on any atom is -0.314 e. The molecule has 0 spiro atoms. The molecule has 2 heterocycles. The fourth-order valence-corrected chi connectivity index (χ4v) is 2.65. The Bertz CT molecular complexity index is 853. The van der Waals surface area contributed by atoms with Crippen molar-refractivity contribution in [3.05, 3.63) is 46.0 Å². The number of amides is 5. The highest BCUT2D eigenvalue weighted by molar-refractivity contribution is 5.89. The molecule has 140 valence electrons. The van der Waals surface area contributed by atoms with Gasteiger partial charge < -0.3 is 16.0 Å². The number of carbonyl (C=O) groups excluding carboxylic acids is 3. The molecule has 2 saturated heterocycles. The molecule has 12 nitrogen and oxygen atoms in total. The Kier molecular flexibility index (Phi) is 4.97. The summed E-state index contributed by atoms with van der Waals surface area (Å²) < 4.78 is 0. The van der Waals surface area contributed by atoms with Crippen LogP contribution in [-0.4, -0.2) is 52.9 Å². The molecule has 2 unspecified atom stereocenters. The summed E-state index contributed by atoms with van der Waals surface area (Å²) in [6, 6.07) is 5.25. The number of rotatable bonds is 6. The van der Waals surface area contributed by atoms with Crippen LogP contribution in [0, 0.1) is 10.1 Å². The number of fused-ring (bicyclic) bond motifs is 1. The summed E-state index contributed by atoms with van der Waals surface area (Å²) in [6.07, 6.45) is 2.92. The molecule has 2 aliphatic rings. The fourth-order valence-electron chi connectivity index (χ4n) is 2.65. The number of hydrazone groups is 1. The largest absolute Gasteiger partial charge is 0.321 e. The van der Waals surface area contributed by atoms with Crippen molar-refractivity contribution >= 4 is 35.9 Å². The lowest BCUT2D eigenvalue weighted by molar-refractivity contribution is -0.385. The summed E-state index contributed by atoms with van der Waals surface area (Å²) in [7, 11) is 0. The van der Waals surface area contributed by atoms with Crippen LogP contribution in [0.15, 0.2) is 35.4 Å². The summed E-state index contributed by atoms with van der Waals surface area (Å²) in [5.41, 5.74) is 2.58. The number of urea groups is 2. The number of hydrogen-bond acceptors (Lipinski definition) is 6. The molecule has 5 amide bonds. The van der Waals surface area contributed by atoms with Crippen molar-refractivity contribution in [3.63, 3.8) is 0 Å². The first-order valence-electron chi connectivity index (χ1n) is 7.82. The smallest absolute Gasteiger partial charge is 0.314 e. The van der Waals surface area contributed by atoms with Crippen molar-refractivity contribution in [2.24, 2.45) is 5.10 Å². The number of nitro groups is 1. The molecule has 3 rings (SSSR count). The van der Waals surface area contributed by atoms with E-state index in [9.17, 15) is 24.5 Å². The average molecular weight is 373 g/mol. The topological polar surface area (TPSA) is 158 Å². The van der Waals surface area contributed by atoms with E-state index in [-0.39, 0.29) is 12.2 Å². The van der Waals surface area contributed by atoms with Crippen LogP contribution >= 0.6 is 0 Å². The van der Waals surface area contributed by atoms with Crippen molar-refractivity contribution in [3.8, 4) is 0 Å². The van der Waals surface area contributed by atoms with Crippen molar-refractivity contribution in [2.75, 3.05) is 6.54 Å². The SMILES string of the molecule is O=C(CN1C(=O)NC2NC(=O)NC21)N/N=C/C=C/c1ccccc1[N+](=O)[O-]. The molecular formula is C15H15N7O5. The molecule has 0 saturated carbocycles. The van der Waals surface area contributed by atoms with Gasteiger partial charge in [-0.1, -0.05) is 12.1 Å². The number of nitro benzene ring substituents is 1. The van der Waals surface area contributed by atoms with E-state index in [0.717, 1.165) is 4.90 Å². The Balaban J connectivity index is 1.51. The molecular weight excluding hydrogens is 358 g/mol. The number of benzene rings is 1. The van der Waals surface area contributed by atoms with Gasteiger partial charge in [0, 0.05) is 12.3 Å².